The second kappa shape index (κ2) is 7.97. The van der Waals surface area contributed by atoms with Crippen molar-refractivity contribution in [3.05, 3.63) is 65.0 Å². The van der Waals surface area contributed by atoms with Gasteiger partial charge in [-0.25, -0.2) is 13.8 Å². The molecular weight excluding hydrogens is 294 g/mol. The SMILES string of the molecule is CC(C)[C@@H](C)NCc1nc(C=Cc2ccc(F)cc2)ccc1F. The summed E-state index contributed by atoms with van der Waals surface area (Å²) in [6.07, 6.45) is 3.62. The zero-order valence-corrected chi connectivity index (χ0v) is 13.7. The Bertz CT molecular complexity index is 664. The molecule has 0 spiro atoms. The average Bonchev–Trinajstić information content (AvgIpc) is 2.53. The molecule has 2 aromatic rings. The first-order chi connectivity index (χ1) is 11.0. The highest BCUT2D eigenvalue weighted by atomic mass is 19.1. The minimum absolute atomic E-state index is 0.269. The fourth-order valence-corrected chi connectivity index (χ4v) is 1.97. The maximum atomic E-state index is 13.9. The summed E-state index contributed by atoms with van der Waals surface area (Å²) in [6.45, 7) is 6.69. The van der Waals surface area contributed by atoms with Crippen LogP contribution in [-0.2, 0) is 6.54 Å². The molecule has 1 N–H and O–H groups in total. The molecule has 0 unspecified atom stereocenters. The standard InChI is InChI=1S/C19H22F2N2/c1-13(2)14(3)22-12-19-18(21)11-10-17(23-19)9-6-15-4-7-16(20)8-5-15/h4-11,13-14,22H,12H2,1-3H3/t14-/m1/s1. The summed E-state index contributed by atoms with van der Waals surface area (Å²) in [5.41, 5.74) is 1.94. The van der Waals surface area contributed by atoms with Crippen molar-refractivity contribution >= 4 is 12.2 Å². The lowest BCUT2D eigenvalue weighted by atomic mass is 10.1. The maximum absolute atomic E-state index is 13.9. The molecule has 0 amide bonds. The van der Waals surface area contributed by atoms with Crippen molar-refractivity contribution in [1.29, 1.82) is 0 Å². The van der Waals surface area contributed by atoms with Crippen LogP contribution in [0.5, 0.6) is 0 Å². The van der Waals surface area contributed by atoms with Gasteiger partial charge in [-0.3, -0.25) is 0 Å². The highest BCUT2D eigenvalue weighted by molar-refractivity contribution is 5.67. The summed E-state index contributed by atoms with van der Waals surface area (Å²) in [5, 5.41) is 3.28. The molecule has 122 valence electrons. The van der Waals surface area contributed by atoms with Crippen LogP contribution in [0.3, 0.4) is 0 Å². The van der Waals surface area contributed by atoms with Crippen LogP contribution >= 0.6 is 0 Å². The highest BCUT2D eigenvalue weighted by Crippen LogP contribution is 2.11. The molecular formula is C19H22F2N2. The molecule has 0 saturated carbocycles. The molecule has 0 aliphatic heterocycles. The van der Waals surface area contributed by atoms with E-state index in [-0.39, 0.29) is 17.7 Å². The number of hydrogen-bond acceptors (Lipinski definition) is 2. The van der Waals surface area contributed by atoms with Gasteiger partial charge in [0, 0.05) is 12.6 Å². The van der Waals surface area contributed by atoms with Crippen molar-refractivity contribution in [2.75, 3.05) is 0 Å². The first-order valence-electron chi connectivity index (χ1n) is 7.78. The third-order valence-corrected chi connectivity index (χ3v) is 3.85. The summed E-state index contributed by atoms with van der Waals surface area (Å²) in [6, 6.07) is 9.51. The van der Waals surface area contributed by atoms with Gasteiger partial charge in [-0.2, -0.15) is 0 Å². The average molecular weight is 316 g/mol. The van der Waals surface area contributed by atoms with Gasteiger partial charge in [0.2, 0.25) is 0 Å². The summed E-state index contributed by atoms with van der Waals surface area (Å²) < 4.78 is 26.7. The fraction of sp³-hybridized carbons (Fsp3) is 0.316. The van der Waals surface area contributed by atoms with E-state index in [1.54, 1.807) is 24.3 Å². The van der Waals surface area contributed by atoms with E-state index in [0.29, 0.717) is 23.9 Å². The zero-order chi connectivity index (χ0) is 16.8. The van der Waals surface area contributed by atoms with Gasteiger partial charge in [0.1, 0.15) is 11.6 Å². The Kier molecular flexibility index (Phi) is 5.99. The summed E-state index contributed by atoms with van der Waals surface area (Å²) in [5.74, 6) is -0.110. The van der Waals surface area contributed by atoms with E-state index in [2.05, 4.69) is 31.1 Å². The molecule has 0 fully saturated rings. The zero-order valence-electron chi connectivity index (χ0n) is 13.7. The van der Waals surface area contributed by atoms with Crippen LogP contribution in [-0.4, -0.2) is 11.0 Å². The quantitative estimate of drug-likeness (QED) is 0.838. The third-order valence-electron chi connectivity index (χ3n) is 3.85. The highest BCUT2D eigenvalue weighted by Gasteiger charge is 2.09. The van der Waals surface area contributed by atoms with Gasteiger partial charge in [-0.05, 0) is 48.7 Å². The second-order valence-corrected chi connectivity index (χ2v) is 5.96. The van der Waals surface area contributed by atoms with Gasteiger partial charge in [-0.1, -0.05) is 32.1 Å². The number of nitrogens with zero attached hydrogens (tertiary/aromatic N) is 1. The summed E-state index contributed by atoms with van der Waals surface area (Å²) in [4.78, 5) is 4.34. The van der Waals surface area contributed by atoms with Gasteiger partial charge < -0.3 is 5.32 Å². The van der Waals surface area contributed by atoms with Crippen LogP contribution in [0.4, 0.5) is 8.78 Å². The smallest absolute Gasteiger partial charge is 0.146 e. The molecule has 0 radical (unpaired) electrons. The van der Waals surface area contributed by atoms with Crippen molar-refractivity contribution < 1.29 is 8.78 Å². The Hall–Kier alpha value is -2.07. The number of benzene rings is 1. The minimum Gasteiger partial charge on any atom is -0.308 e. The van der Waals surface area contributed by atoms with Crippen LogP contribution in [0.2, 0.25) is 0 Å². The van der Waals surface area contributed by atoms with Crippen LogP contribution in [0.1, 0.15) is 37.7 Å². The lowest BCUT2D eigenvalue weighted by Gasteiger charge is -2.17. The normalized spacial score (nSPS) is 13.0. The maximum Gasteiger partial charge on any atom is 0.146 e. The molecule has 1 aromatic heterocycles. The van der Waals surface area contributed by atoms with Crippen molar-refractivity contribution in [2.45, 2.75) is 33.4 Å². The van der Waals surface area contributed by atoms with Crippen molar-refractivity contribution in [2.24, 2.45) is 5.92 Å². The lowest BCUT2D eigenvalue weighted by molar-refractivity contribution is 0.418. The molecule has 0 aliphatic carbocycles. The molecule has 23 heavy (non-hydrogen) atoms. The Morgan fingerprint density at radius 1 is 1.00 bits per heavy atom. The largest absolute Gasteiger partial charge is 0.308 e. The Balaban J connectivity index is 2.08. The van der Waals surface area contributed by atoms with E-state index in [4.69, 9.17) is 0 Å². The first-order valence-corrected chi connectivity index (χ1v) is 7.78. The molecule has 2 nitrogen and oxygen atoms in total. The summed E-state index contributed by atoms with van der Waals surface area (Å²) >= 11 is 0. The number of aromatic nitrogens is 1. The summed E-state index contributed by atoms with van der Waals surface area (Å²) in [7, 11) is 0. The predicted octanol–water partition coefficient (Wildman–Crippen LogP) is 4.66. The molecule has 0 bridgehead atoms. The van der Waals surface area contributed by atoms with Crippen LogP contribution in [0.25, 0.3) is 12.2 Å². The van der Waals surface area contributed by atoms with Crippen LogP contribution in [0.15, 0.2) is 36.4 Å². The van der Waals surface area contributed by atoms with Gasteiger partial charge in [0.25, 0.3) is 0 Å². The van der Waals surface area contributed by atoms with Crippen LogP contribution < -0.4 is 5.32 Å². The molecule has 1 heterocycles. The van der Waals surface area contributed by atoms with E-state index in [1.807, 2.05) is 6.08 Å². The lowest BCUT2D eigenvalue weighted by Crippen LogP contribution is -2.30. The van der Waals surface area contributed by atoms with Crippen molar-refractivity contribution in [3.63, 3.8) is 0 Å². The van der Waals surface area contributed by atoms with Gasteiger partial charge in [0.15, 0.2) is 0 Å². The molecule has 0 aliphatic rings. The first kappa shape index (κ1) is 17.3. The van der Waals surface area contributed by atoms with E-state index >= 15 is 0 Å². The molecule has 0 saturated heterocycles. The Morgan fingerprint density at radius 2 is 1.70 bits per heavy atom. The Labute approximate surface area is 136 Å². The molecule has 1 aromatic carbocycles. The second-order valence-electron chi connectivity index (χ2n) is 5.96. The van der Waals surface area contributed by atoms with Gasteiger partial charge >= 0.3 is 0 Å². The number of halogens is 2. The van der Waals surface area contributed by atoms with Crippen molar-refractivity contribution in [3.8, 4) is 0 Å². The van der Waals surface area contributed by atoms with Crippen LogP contribution in [0, 0.1) is 17.6 Å². The van der Waals surface area contributed by atoms with Gasteiger partial charge in [-0.15, -0.1) is 0 Å². The topological polar surface area (TPSA) is 24.9 Å². The number of nitrogens with one attached hydrogen (secondary N) is 1. The minimum atomic E-state index is -0.313. The number of pyridine rings is 1. The monoisotopic (exact) mass is 316 g/mol. The van der Waals surface area contributed by atoms with E-state index in [1.165, 1.54) is 18.2 Å². The predicted molar refractivity (Wildman–Crippen MR) is 90.7 cm³/mol. The number of rotatable bonds is 6. The third kappa shape index (κ3) is 5.25. The van der Waals surface area contributed by atoms with E-state index < -0.39 is 0 Å². The van der Waals surface area contributed by atoms with Crippen molar-refractivity contribution in [1.82, 2.24) is 10.3 Å². The fourth-order valence-electron chi connectivity index (χ4n) is 1.97. The molecule has 1 atom stereocenters. The van der Waals surface area contributed by atoms with E-state index in [9.17, 15) is 8.78 Å². The molecule has 4 heteroatoms. The number of hydrogen-bond donors (Lipinski definition) is 1. The van der Waals surface area contributed by atoms with Gasteiger partial charge in [0.05, 0.1) is 11.4 Å². The Morgan fingerprint density at radius 3 is 2.35 bits per heavy atom. The molecule has 2 rings (SSSR count). The van der Waals surface area contributed by atoms with E-state index in [0.717, 1.165) is 5.56 Å².